The maximum absolute atomic E-state index is 9.78. The highest BCUT2D eigenvalue weighted by molar-refractivity contribution is 4.97. The average molecular weight is 242 g/mol. The van der Waals surface area contributed by atoms with E-state index in [9.17, 15) is 10.2 Å². The van der Waals surface area contributed by atoms with Gasteiger partial charge in [0.1, 0.15) is 18.3 Å². The molecule has 1 aromatic heterocycles. The first-order valence-corrected chi connectivity index (χ1v) is 5.24. The maximum atomic E-state index is 9.78. The first kappa shape index (κ1) is 12.2. The molecule has 0 aliphatic carbocycles. The lowest BCUT2D eigenvalue weighted by Gasteiger charge is -2.36. The van der Waals surface area contributed by atoms with Crippen molar-refractivity contribution in [2.24, 2.45) is 0 Å². The van der Waals surface area contributed by atoms with Crippen LogP contribution < -0.4 is 4.74 Å². The lowest BCUT2D eigenvalue weighted by Crippen LogP contribution is -2.56. The van der Waals surface area contributed by atoms with Crippen LogP contribution in [0.5, 0.6) is 6.01 Å². The Morgan fingerprint density at radius 2 is 2.00 bits per heavy atom. The van der Waals surface area contributed by atoms with E-state index >= 15 is 0 Å². The Bertz CT molecular complexity index is 350. The highest BCUT2D eigenvalue weighted by Gasteiger charge is 2.39. The van der Waals surface area contributed by atoms with Gasteiger partial charge in [0, 0.05) is 12.4 Å². The Morgan fingerprint density at radius 3 is 2.65 bits per heavy atom. The molecule has 0 saturated carbocycles. The van der Waals surface area contributed by atoms with E-state index in [-0.39, 0.29) is 19.2 Å². The Labute approximate surface area is 97.7 Å². The van der Waals surface area contributed by atoms with Gasteiger partial charge in [0.2, 0.25) is 0 Å². The fourth-order valence-electron chi connectivity index (χ4n) is 1.60. The fourth-order valence-corrected chi connectivity index (χ4v) is 1.60. The Morgan fingerprint density at radius 1 is 1.29 bits per heavy atom. The third kappa shape index (κ3) is 2.70. The summed E-state index contributed by atoms with van der Waals surface area (Å²) in [5.41, 5.74) is 0. The number of nitrogens with zero attached hydrogens (tertiary/aromatic N) is 2. The lowest BCUT2D eigenvalue weighted by molar-refractivity contribution is -0.190. The second kappa shape index (κ2) is 5.37. The van der Waals surface area contributed by atoms with Crippen LogP contribution in [0.2, 0.25) is 0 Å². The summed E-state index contributed by atoms with van der Waals surface area (Å²) in [5, 5.41) is 28.3. The van der Waals surface area contributed by atoms with Crippen LogP contribution in [-0.2, 0) is 4.74 Å². The van der Waals surface area contributed by atoms with Crippen LogP contribution in [0.3, 0.4) is 0 Å². The van der Waals surface area contributed by atoms with Gasteiger partial charge in [-0.1, -0.05) is 0 Å². The summed E-state index contributed by atoms with van der Waals surface area (Å²) in [6.07, 6.45) is -0.875. The average Bonchev–Trinajstić information content (AvgIpc) is 2.37. The van der Waals surface area contributed by atoms with Crippen molar-refractivity contribution in [3.63, 3.8) is 0 Å². The van der Waals surface area contributed by atoms with Gasteiger partial charge in [0.15, 0.2) is 6.10 Å². The number of hydrogen-bond acceptors (Lipinski definition) is 7. The quantitative estimate of drug-likeness (QED) is 0.582. The van der Waals surface area contributed by atoms with Gasteiger partial charge >= 0.3 is 6.01 Å². The zero-order valence-corrected chi connectivity index (χ0v) is 9.01. The predicted octanol–water partition coefficient (Wildman–Crippen LogP) is -1.66. The number of aromatic nitrogens is 2. The first-order chi connectivity index (χ1) is 8.22. The molecule has 7 heteroatoms. The molecule has 0 aromatic carbocycles. The highest BCUT2D eigenvalue weighted by Crippen LogP contribution is 2.18. The van der Waals surface area contributed by atoms with Crippen molar-refractivity contribution >= 4 is 0 Å². The van der Waals surface area contributed by atoms with Crippen LogP contribution in [0, 0.1) is 0 Å². The van der Waals surface area contributed by atoms with E-state index in [1.165, 1.54) is 12.4 Å². The molecule has 0 unspecified atom stereocenters. The minimum Gasteiger partial charge on any atom is -0.455 e. The van der Waals surface area contributed by atoms with Crippen molar-refractivity contribution in [1.82, 2.24) is 9.97 Å². The number of aliphatic hydroxyl groups is 3. The summed E-state index contributed by atoms with van der Waals surface area (Å²) in [6.45, 7) is -0.297. The molecule has 1 saturated heterocycles. The topological polar surface area (TPSA) is 105 Å². The summed E-state index contributed by atoms with van der Waals surface area (Å²) in [5.74, 6) is 0. The van der Waals surface area contributed by atoms with E-state index in [0.717, 1.165) is 0 Å². The predicted molar refractivity (Wildman–Crippen MR) is 55.3 cm³/mol. The minimum atomic E-state index is -1.19. The monoisotopic (exact) mass is 242 g/mol. The van der Waals surface area contributed by atoms with E-state index in [4.69, 9.17) is 14.6 Å². The molecule has 94 valence electrons. The van der Waals surface area contributed by atoms with Crippen LogP contribution in [0.1, 0.15) is 0 Å². The van der Waals surface area contributed by atoms with Crippen molar-refractivity contribution in [3.8, 4) is 6.01 Å². The van der Waals surface area contributed by atoms with Gasteiger partial charge in [-0.15, -0.1) is 0 Å². The second-order valence-electron chi connectivity index (χ2n) is 3.72. The molecule has 4 atom stereocenters. The molecule has 17 heavy (non-hydrogen) atoms. The van der Waals surface area contributed by atoms with Gasteiger partial charge in [-0.2, -0.15) is 0 Å². The standard InChI is InChI=1S/C10H14N2O5/c13-4-6-8(14)9(15)7(5-16-6)17-10-11-2-1-3-12-10/h1-3,6-9,13-15H,4-5H2/t6-,7+,8+,9-/m1/s1. The number of rotatable bonds is 3. The summed E-state index contributed by atoms with van der Waals surface area (Å²) < 4.78 is 10.4. The molecule has 1 aliphatic rings. The summed E-state index contributed by atoms with van der Waals surface area (Å²) in [4.78, 5) is 7.68. The zero-order valence-electron chi connectivity index (χ0n) is 9.01. The smallest absolute Gasteiger partial charge is 0.316 e. The molecule has 1 aromatic rings. The van der Waals surface area contributed by atoms with Crippen molar-refractivity contribution in [3.05, 3.63) is 18.5 Å². The maximum Gasteiger partial charge on any atom is 0.316 e. The molecule has 3 N–H and O–H groups in total. The minimum absolute atomic E-state index is 0.0572. The summed E-state index contributed by atoms with van der Waals surface area (Å²) in [6, 6.07) is 1.74. The highest BCUT2D eigenvalue weighted by atomic mass is 16.6. The first-order valence-electron chi connectivity index (χ1n) is 5.24. The molecular formula is C10H14N2O5. The van der Waals surface area contributed by atoms with Crippen LogP contribution in [-0.4, -0.2) is 62.9 Å². The largest absolute Gasteiger partial charge is 0.455 e. The van der Waals surface area contributed by atoms with Gasteiger partial charge in [0.05, 0.1) is 13.2 Å². The zero-order chi connectivity index (χ0) is 12.3. The van der Waals surface area contributed by atoms with Crippen molar-refractivity contribution in [2.45, 2.75) is 24.4 Å². The molecule has 2 rings (SSSR count). The van der Waals surface area contributed by atoms with E-state index < -0.39 is 24.4 Å². The number of aliphatic hydroxyl groups excluding tert-OH is 3. The van der Waals surface area contributed by atoms with E-state index in [1.54, 1.807) is 6.07 Å². The lowest BCUT2D eigenvalue weighted by atomic mass is 10.0. The Kier molecular flexibility index (Phi) is 3.85. The third-order valence-electron chi connectivity index (χ3n) is 2.57. The van der Waals surface area contributed by atoms with E-state index in [1.807, 2.05) is 0 Å². The van der Waals surface area contributed by atoms with Gasteiger partial charge < -0.3 is 24.8 Å². The van der Waals surface area contributed by atoms with Crippen molar-refractivity contribution in [1.29, 1.82) is 0 Å². The molecule has 7 nitrogen and oxygen atoms in total. The van der Waals surface area contributed by atoms with Gasteiger partial charge in [-0.05, 0) is 6.07 Å². The summed E-state index contributed by atoms with van der Waals surface area (Å²) in [7, 11) is 0. The van der Waals surface area contributed by atoms with Gasteiger partial charge in [-0.25, -0.2) is 9.97 Å². The fraction of sp³-hybridized carbons (Fsp3) is 0.600. The molecule has 2 heterocycles. The van der Waals surface area contributed by atoms with Crippen molar-refractivity contribution in [2.75, 3.05) is 13.2 Å². The summed E-state index contributed by atoms with van der Waals surface area (Å²) >= 11 is 0. The molecule has 0 bridgehead atoms. The van der Waals surface area contributed by atoms with Gasteiger partial charge in [0.25, 0.3) is 0 Å². The normalized spacial score (nSPS) is 33.4. The van der Waals surface area contributed by atoms with Crippen LogP contribution in [0.4, 0.5) is 0 Å². The Balaban J connectivity index is 1.99. The molecule has 0 spiro atoms. The SMILES string of the molecule is OC[C@H]1OC[C@H](Oc2ncccn2)[C@@H](O)[C@H]1O. The third-order valence-corrected chi connectivity index (χ3v) is 2.57. The van der Waals surface area contributed by atoms with Crippen LogP contribution in [0.15, 0.2) is 18.5 Å². The number of ether oxygens (including phenoxy) is 2. The van der Waals surface area contributed by atoms with Crippen LogP contribution in [0.25, 0.3) is 0 Å². The van der Waals surface area contributed by atoms with Gasteiger partial charge in [-0.3, -0.25) is 0 Å². The number of hydrogen-bond donors (Lipinski definition) is 3. The Hall–Kier alpha value is -1.28. The van der Waals surface area contributed by atoms with Crippen LogP contribution >= 0.6 is 0 Å². The molecule has 0 radical (unpaired) electrons. The second-order valence-corrected chi connectivity index (χ2v) is 3.72. The molecule has 1 aliphatic heterocycles. The van der Waals surface area contributed by atoms with Crippen molar-refractivity contribution < 1.29 is 24.8 Å². The molecular weight excluding hydrogens is 228 g/mol. The van der Waals surface area contributed by atoms with E-state index in [0.29, 0.717) is 0 Å². The van der Waals surface area contributed by atoms with E-state index in [2.05, 4.69) is 9.97 Å². The molecule has 1 fully saturated rings. The molecule has 0 amide bonds.